The highest BCUT2D eigenvalue weighted by molar-refractivity contribution is 7.13. The van der Waals surface area contributed by atoms with Crippen molar-refractivity contribution in [2.75, 3.05) is 38.2 Å². The maximum absolute atomic E-state index is 12.3. The van der Waals surface area contributed by atoms with Gasteiger partial charge in [-0.05, 0) is 23.9 Å². The van der Waals surface area contributed by atoms with Crippen LogP contribution in [0, 0.1) is 0 Å². The number of nitrogens with zero attached hydrogens (tertiary/aromatic N) is 6. The van der Waals surface area contributed by atoms with Gasteiger partial charge < -0.3 is 14.5 Å². The van der Waals surface area contributed by atoms with E-state index in [1.54, 1.807) is 22.0 Å². The molecule has 0 aromatic carbocycles. The number of methoxy groups -OCH3 is 1. The monoisotopic (exact) mass is 414 g/mol. The van der Waals surface area contributed by atoms with E-state index in [1.165, 1.54) is 7.11 Å². The quantitative estimate of drug-likeness (QED) is 0.568. The molecule has 0 bridgehead atoms. The van der Waals surface area contributed by atoms with Crippen LogP contribution < -0.4 is 4.90 Å². The minimum absolute atomic E-state index is 0.0677. The SMILES string of the molecule is COC(=O)CCCC(=O)N1CCN(c2nc3nccc(-c4cccs4)n3n2)CC1. The lowest BCUT2D eigenvalue weighted by Gasteiger charge is -2.34. The third-order valence-corrected chi connectivity index (χ3v) is 5.81. The number of ether oxygens (including phenoxy) is 1. The Morgan fingerprint density at radius 3 is 2.72 bits per heavy atom. The van der Waals surface area contributed by atoms with Gasteiger partial charge in [-0.1, -0.05) is 6.07 Å². The fraction of sp³-hybridized carbons (Fsp3) is 0.421. The van der Waals surface area contributed by atoms with Crippen molar-refractivity contribution in [1.82, 2.24) is 24.5 Å². The molecule has 0 atom stereocenters. The molecular formula is C19H22N6O3S. The predicted octanol–water partition coefficient (Wildman–Crippen LogP) is 1.84. The molecule has 10 heteroatoms. The van der Waals surface area contributed by atoms with E-state index in [2.05, 4.69) is 24.7 Å². The summed E-state index contributed by atoms with van der Waals surface area (Å²) in [5, 5.41) is 6.69. The van der Waals surface area contributed by atoms with Gasteiger partial charge in [-0.3, -0.25) is 9.59 Å². The Kier molecular flexibility index (Phi) is 5.70. The molecule has 29 heavy (non-hydrogen) atoms. The molecule has 0 radical (unpaired) electrons. The molecule has 4 rings (SSSR count). The number of fused-ring (bicyclic) bond motifs is 1. The summed E-state index contributed by atoms with van der Waals surface area (Å²) >= 11 is 1.65. The van der Waals surface area contributed by atoms with E-state index in [0.717, 1.165) is 10.6 Å². The van der Waals surface area contributed by atoms with Gasteiger partial charge in [-0.25, -0.2) is 4.98 Å². The molecule has 0 spiro atoms. The van der Waals surface area contributed by atoms with Crippen LogP contribution in [-0.4, -0.2) is 69.6 Å². The van der Waals surface area contributed by atoms with Gasteiger partial charge in [0.1, 0.15) is 0 Å². The van der Waals surface area contributed by atoms with Gasteiger partial charge in [-0.15, -0.1) is 16.4 Å². The number of hydrogen-bond acceptors (Lipinski definition) is 8. The van der Waals surface area contributed by atoms with Gasteiger partial charge in [0.15, 0.2) is 0 Å². The molecule has 0 aliphatic carbocycles. The first kappa shape index (κ1) is 19.3. The average molecular weight is 414 g/mol. The van der Waals surface area contributed by atoms with Gasteiger partial charge in [-0.2, -0.15) is 9.50 Å². The second-order valence-corrected chi connectivity index (χ2v) is 7.68. The van der Waals surface area contributed by atoms with Gasteiger partial charge >= 0.3 is 5.97 Å². The number of esters is 1. The highest BCUT2D eigenvalue weighted by atomic mass is 32.1. The molecule has 152 valence electrons. The van der Waals surface area contributed by atoms with Crippen molar-refractivity contribution >= 4 is 34.9 Å². The molecule has 1 amide bonds. The molecule has 9 nitrogen and oxygen atoms in total. The van der Waals surface area contributed by atoms with Crippen molar-refractivity contribution in [1.29, 1.82) is 0 Å². The number of amides is 1. The molecule has 0 unspecified atom stereocenters. The number of carbonyl (C=O) groups excluding carboxylic acids is 2. The van der Waals surface area contributed by atoms with Crippen LogP contribution in [0.25, 0.3) is 16.3 Å². The highest BCUT2D eigenvalue weighted by Gasteiger charge is 2.24. The number of carbonyl (C=O) groups is 2. The number of rotatable bonds is 6. The molecule has 1 aliphatic heterocycles. The number of hydrogen-bond donors (Lipinski definition) is 0. The van der Waals surface area contributed by atoms with Crippen LogP contribution in [0.15, 0.2) is 29.8 Å². The lowest BCUT2D eigenvalue weighted by atomic mass is 10.2. The van der Waals surface area contributed by atoms with E-state index in [0.29, 0.717) is 50.7 Å². The number of thiophene rings is 1. The van der Waals surface area contributed by atoms with Crippen LogP contribution in [0.1, 0.15) is 19.3 Å². The van der Waals surface area contributed by atoms with E-state index in [-0.39, 0.29) is 18.3 Å². The molecule has 1 aliphatic rings. The van der Waals surface area contributed by atoms with E-state index >= 15 is 0 Å². The van der Waals surface area contributed by atoms with Gasteiger partial charge in [0.25, 0.3) is 5.78 Å². The molecule has 1 fully saturated rings. The molecule has 0 N–H and O–H groups in total. The van der Waals surface area contributed by atoms with Crippen LogP contribution >= 0.6 is 11.3 Å². The lowest BCUT2D eigenvalue weighted by molar-refractivity contribution is -0.140. The second-order valence-electron chi connectivity index (χ2n) is 6.73. The summed E-state index contributed by atoms with van der Waals surface area (Å²) in [6, 6.07) is 5.99. The van der Waals surface area contributed by atoms with Crippen LogP contribution in [0.2, 0.25) is 0 Å². The van der Waals surface area contributed by atoms with E-state index in [1.807, 2.05) is 28.5 Å². The minimum atomic E-state index is -0.281. The van der Waals surface area contributed by atoms with Crippen LogP contribution in [0.5, 0.6) is 0 Å². The Labute approximate surface area is 171 Å². The molecule has 4 heterocycles. The molecule has 3 aromatic heterocycles. The summed E-state index contributed by atoms with van der Waals surface area (Å²) in [6.45, 7) is 2.54. The minimum Gasteiger partial charge on any atom is -0.469 e. The summed E-state index contributed by atoms with van der Waals surface area (Å²) in [5.41, 5.74) is 0.961. The van der Waals surface area contributed by atoms with Crippen LogP contribution in [-0.2, 0) is 14.3 Å². The topological polar surface area (TPSA) is 92.9 Å². The van der Waals surface area contributed by atoms with Crippen molar-refractivity contribution in [3.8, 4) is 10.6 Å². The normalized spacial score (nSPS) is 14.4. The van der Waals surface area contributed by atoms with Crippen molar-refractivity contribution in [3.63, 3.8) is 0 Å². The number of aromatic nitrogens is 4. The van der Waals surface area contributed by atoms with Gasteiger partial charge in [0.05, 0.1) is 17.7 Å². The van der Waals surface area contributed by atoms with Crippen LogP contribution in [0.4, 0.5) is 5.95 Å². The zero-order valence-corrected chi connectivity index (χ0v) is 17.0. The fourth-order valence-corrected chi connectivity index (χ4v) is 4.06. The third-order valence-electron chi connectivity index (χ3n) is 4.92. The van der Waals surface area contributed by atoms with E-state index in [4.69, 9.17) is 0 Å². The zero-order valence-electron chi connectivity index (χ0n) is 16.2. The maximum Gasteiger partial charge on any atom is 0.305 e. The first-order valence-corrected chi connectivity index (χ1v) is 10.4. The number of anilines is 1. The van der Waals surface area contributed by atoms with Gasteiger partial charge in [0.2, 0.25) is 11.9 Å². The van der Waals surface area contributed by atoms with E-state index < -0.39 is 0 Å². The summed E-state index contributed by atoms with van der Waals surface area (Å²) in [7, 11) is 1.36. The summed E-state index contributed by atoms with van der Waals surface area (Å²) in [5.74, 6) is 0.973. The molecule has 3 aromatic rings. The predicted molar refractivity (Wildman–Crippen MR) is 109 cm³/mol. The largest absolute Gasteiger partial charge is 0.469 e. The van der Waals surface area contributed by atoms with E-state index in [9.17, 15) is 9.59 Å². The average Bonchev–Trinajstić information content (AvgIpc) is 3.43. The van der Waals surface area contributed by atoms with Crippen molar-refractivity contribution in [3.05, 3.63) is 29.8 Å². The van der Waals surface area contributed by atoms with Gasteiger partial charge in [0, 0.05) is 45.2 Å². The smallest absolute Gasteiger partial charge is 0.305 e. The Morgan fingerprint density at radius 1 is 1.17 bits per heavy atom. The Morgan fingerprint density at radius 2 is 2.00 bits per heavy atom. The Hall–Kier alpha value is -3.01. The summed E-state index contributed by atoms with van der Waals surface area (Å²) in [6.07, 6.45) is 2.88. The molecule has 1 saturated heterocycles. The lowest BCUT2D eigenvalue weighted by Crippen LogP contribution is -2.49. The second kappa shape index (κ2) is 8.56. The summed E-state index contributed by atoms with van der Waals surface area (Å²) < 4.78 is 6.38. The van der Waals surface area contributed by atoms with Crippen molar-refractivity contribution < 1.29 is 14.3 Å². The fourth-order valence-electron chi connectivity index (χ4n) is 3.33. The number of piperazine rings is 1. The standard InChI is InChI=1S/C19H22N6O3S/c1-28-17(27)6-2-5-16(26)23-9-11-24(12-10-23)19-21-18-20-8-7-14(25(18)22-19)15-4-3-13-29-15/h3-4,7-8,13H,2,5-6,9-12H2,1H3. The maximum atomic E-state index is 12.3. The van der Waals surface area contributed by atoms with Crippen molar-refractivity contribution in [2.24, 2.45) is 0 Å². The molecular weight excluding hydrogens is 392 g/mol. The zero-order chi connectivity index (χ0) is 20.2. The van der Waals surface area contributed by atoms with Crippen molar-refractivity contribution in [2.45, 2.75) is 19.3 Å². The van der Waals surface area contributed by atoms with Crippen LogP contribution in [0.3, 0.4) is 0 Å². The third kappa shape index (κ3) is 4.21. The first-order valence-electron chi connectivity index (χ1n) is 9.51. The summed E-state index contributed by atoms with van der Waals surface area (Å²) in [4.78, 5) is 37.4. The first-order chi connectivity index (χ1) is 14.2. The molecule has 0 saturated carbocycles. The Balaban J connectivity index is 1.39. The highest BCUT2D eigenvalue weighted by Crippen LogP contribution is 2.25. The Bertz CT molecular complexity index is 995.